The SMILES string of the molecule is COc1cccc(C(=O)NC(C(=O)N2CCOCC2)C2CCN(C(=O)c3cccc(OC)c3)CC2)c1. The first-order valence-electron chi connectivity index (χ1n) is 12.2. The molecule has 2 aromatic carbocycles. The van der Waals surface area contributed by atoms with E-state index in [-0.39, 0.29) is 23.6 Å². The highest BCUT2D eigenvalue weighted by Crippen LogP contribution is 2.25. The number of hydrogen-bond acceptors (Lipinski definition) is 6. The lowest BCUT2D eigenvalue weighted by molar-refractivity contribution is -0.139. The number of methoxy groups -OCH3 is 2. The van der Waals surface area contributed by atoms with E-state index in [4.69, 9.17) is 14.2 Å². The van der Waals surface area contributed by atoms with Gasteiger partial charge in [-0.2, -0.15) is 0 Å². The van der Waals surface area contributed by atoms with Gasteiger partial charge in [-0.25, -0.2) is 0 Å². The normalized spacial score (nSPS) is 17.3. The molecule has 2 aromatic rings. The lowest BCUT2D eigenvalue weighted by Gasteiger charge is -2.38. The van der Waals surface area contributed by atoms with Gasteiger partial charge in [0.05, 0.1) is 27.4 Å². The van der Waals surface area contributed by atoms with Crippen LogP contribution in [0.1, 0.15) is 33.6 Å². The van der Waals surface area contributed by atoms with Crippen molar-refractivity contribution in [1.29, 1.82) is 0 Å². The molecule has 0 aliphatic carbocycles. The molecule has 0 saturated carbocycles. The highest BCUT2D eigenvalue weighted by Gasteiger charge is 2.36. The van der Waals surface area contributed by atoms with Crippen molar-refractivity contribution in [3.05, 3.63) is 59.7 Å². The fourth-order valence-electron chi connectivity index (χ4n) is 4.73. The quantitative estimate of drug-likeness (QED) is 0.633. The summed E-state index contributed by atoms with van der Waals surface area (Å²) < 4.78 is 15.9. The molecule has 1 N–H and O–H groups in total. The van der Waals surface area contributed by atoms with Gasteiger partial charge in [-0.1, -0.05) is 12.1 Å². The first-order chi connectivity index (χ1) is 17.5. The zero-order chi connectivity index (χ0) is 25.5. The average molecular weight is 496 g/mol. The highest BCUT2D eigenvalue weighted by atomic mass is 16.5. The summed E-state index contributed by atoms with van der Waals surface area (Å²) in [5, 5.41) is 3.00. The van der Waals surface area contributed by atoms with Crippen LogP contribution in [0.15, 0.2) is 48.5 Å². The van der Waals surface area contributed by atoms with E-state index in [0.29, 0.717) is 74.9 Å². The van der Waals surface area contributed by atoms with Gasteiger partial charge in [0.1, 0.15) is 17.5 Å². The number of morpholine rings is 1. The van der Waals surface area contributed by atoms with E-state index in [1.165, 1.54) is 0 Å². The van der Waals surface area contributed by atoms with Gasteiger partial charge in [0, 0.05) is 37.3 Å². The molecule has 2 aliphatic heterocycles. The predicted octanol–water partition coefficient (Wildman–Crippen LogP) is 2.21. The first kappa shape index (κ1) is 25.5. The second-order valence-electron chi connectivity index (χ2n) is 8.98. The van der Waals surface area contributed by atoms with Gasteiger partial charge in [-0.3, -0.25) is 14.4 Å². The molecule has 1 atom stereocenters. The Morgan fingerprint density at radius 3 is 2.06 bits per heavy atom. The van der Waals surface area contributed by atoms with Crippen molar-refractivity contribution in [2.24, 2.45) is 5.92 Å². The van der Waals surface area contributed by atoms with E-state index in [0.717, 1.165) is 0 Å². The molecule has 0 bridgehead atoms. The first-order valence-corrected chi connectivity index (χ1v) is 12.2. The number of nitrogens with zero attached hydrogens (tertiary/aromatic N) is 2. The van der Waals surface area contributed by atoms with Crippen molar-refractivity contribution in [1.82, 2.24) is 15.1 Å². The van der Waals surface area contributed by atoms with Crippen LogP contribution in [0.3, 0.4) is 0 Å². The number of amides is 3. The van der Waals surface area contributed by atoms with Gasteiger partial charge in [0.15, 0.2) is 0 Å². The molecular weight excluding hydrogens is 462 g/mol. The molecule has 2 fully saturated rings. The van der Waals surface area contributed by atoms with Crippen LogP contribution in [0.4, 0.5) is 0 Å². The Bertz CT molecular complexity index is 1080. The van der Waals surface area contributed by atoms with Crippen LogP contribution in [0.5, 0.6) is 11.5 Å². The Balaban J connectivity index is 1.47. The molecule has 192 valence electrons. The van der Waals surface area contributed by atoms with E-state index in [9.17, 15) is 14.4 Å². The second kappa shape index (κ2) is 11.9. The number of likely N-dealkylation sites (tertiary alicyclic amines) is 1. The Morgan fingerprint density at radius 1 is 0.861 bits per heavy atom. The maximum atomic E-state index is 13.5. The molecule has 2 heterocycles. The molecule has 9 nitrogen and oxygen atoms in total. The van der Waals surface area contributed by atoms with E-state index >= 15 is 0 Å². The maximum Gasteiger partial charge on any atom is 0.253 e. The monoisotopic (exact) mass is 495 g/mol. The summed E-state index contributed by atoms with van der Waals surface area (Å²) in [5.41, 5.74) is 1.000. The minimum absolute atomic E-state index is 0.0659. The van der Waals surface area contributed by atoms with Crippen molar-refractivity contribution in [2.75, 3.05) is 53.6 Å². The lowest BCUT2D eigenvalue weighted by Crippen LogP contribution is -2.56. The van der Waals surface area contributed by atoms with Crippen molar-refractivity contribution >= 4 is 17.7 Å². The van der Waals surface area contributed by atoms with Crippen molar-refractivity contribution in [2.45, 2.75) is 18.9 Å². The minimum atomic E-state index is -0.684. The van der Waals surface area contributed by atoms with Gasteiger partial charge in [-0.05, 0) is 55.2 Å². The number of rotatable bonds is 7. The molecule has 36 heavy (non-hydrogen) atoms. The summed E-state index contributed by atoms with van der Waals surface area (Å²) in [5.74, 6) is 0.617. The van der Waals surface area contributed by atoms with Crippen LogP contribution < -0.4 is 14.8 Å². The number of carbonyl (C=O) groups excluding carboxylic acids is 3. The fraction of sp³-hybridized carbons (Fsp3) is 0.444. The number of hydrogen-bond donors (Lipinski definition) is 1. The molecule has 0 spiro atoms. The summed E-state index contributed by atoms with van der Waals surface area (Å²) in [6.45, 7) is 2.96. The van der Waals surface area contributed by atoms with E-state index in [1.54, 1.807) is 72.6 Å². The summed E-state index contributed by atoms with van der Waals surface area (Å²) in [6.07, 6.45) is 1.21. The zero-order valence-corrected chi connectivity index (χ0v) is 20.8. The van der Waals surface area contributed by atoms with Gasteiger partial charge < -0.3 is 29.3 Å². The van der Waals surface area contributed by atoms with Gasteiger partial charge in [0.2, 0.25) is 5.91 Å². The third-order valence-electron chi connectivity index (χ3n) is 6.82. The third-order valence-corrected chi connectivity index (χ3v) is 6.82. The van der Waals surface area contributed by atoms with Crippen LogP contribution >= 0.6 is 0 Å². The minimum Gasteiger partial charge on any atom is -0.497 e. The summed E-state index contributed by atoms with van der Waals surface area (Å²) in [7, 11) is 3.11. The number of ether oxygens (including phenoxy) is 3. The van der Waals surface area contributed by atoms with Gasteiger partial charge in [0.25, 0.3) is 11.8 Å². The van der Waals surface area contributed by atoms with E-state index < -0.39 is 6.04 Å². The van der Waals surface area contributed by atoms with Crippen LogP contribution in [-0.2, 0) is 9.53 Å². The topological polar surface area (TPSA) is 97.4 Å². The molecule has 1 unspecified atom stereocenters. The van der Waals surface area contributed by atoms with Crippen LogP contribution in [0.2, 0.25) is 0 Å². The fourth-order valence-corrected chi connectivity index (χ4v) is 4.73. The Morgan fingerprint density at radius 2 is 1.44 bits per heavy atom. The van der Waals surface area contributed by atoms with Gasteiger partial charge in [-0.15, -0.1) is 0 Å². The van der Waals surface area contributed by atoms with Crippen molar-refractivity contribution in [3.63, 3.8) is 0 Å². The Labute approximate surface area is 211 Å². The number of nitrogens with one attached hydrogen (secondary N) is 1. The molecular formula is C27H33N3O6. The Kier molecular flexibility index (Phi) is 8.43. The largest absolute Gasteiger partial charge is 0.497 e. The molecule has 3 amide bonds. The number of piperidine rings is 1. The summed E-state index contributed by atoms with van der Waals surface area (Å²) in [4.78, 5) is 43.3. The zero-order valence-electron chi connectivity index (χ0n) is 20.8. The van der Waals surface area contributed by atoms with Crippen molar-refractivity contribution < 1.29 is 28.6 Å². The average Bonchev–Trinajstić information content (AvgIpc) is 2.95. The molecule has 0 aromatic heterocycles. The van der Waals surface area contributed by atoms with Crippen LogP contribution in [0, 0.1) is 5.92 Å². The smallest absolute Gasteiger partial charge is 0.253 e. The third kappa shape index (κ3) is 5.96. The van der Waals surface area contributed by atoms with E-state index in [2.05, 4.69) is 5.32 Å². The molecule has 0 radical (unpaired) electrons. The van der Waals surface area contributed by atoms with Crippen LogP contribution in [0.25, 0.3) is 0 Å². The predicted molar refractivity (Wildman–Crippen MR) is 133 cm³/mol. The van der Waals surface area contributed by atoms with Crippen LogP contribution in [-0.4, -0.2) is 87.2 Å². The number of benzene rings is 2. The molecule has 4 rings (SSSR count). The van der Waals surface area contributed by atoms with Crippen molar-refractivity contribution in [3.8, 4) is 11.5 Å². The molecule has 2 aliphatic rings. The summed E-state index contributed by atoms with van der Waals surface area (Å²) >= 11 is 0. The molecule has 9 heteroatoms. The molecule has 2 saturated heterocycles. The lowest BCUT2D eigenvalue weighted by atomic mass is 9.87. The van der Waals surface area contributed by atoms with Gasteiger partial charge >= 0.3 is 0 Å². The van der Waals surface area contributed by atoms with E-state index in [1.807, 2.05) is 0 Å². The number of carbonyl (C=O) groups is 3. The highest BCUT2D eigenvalue weighted by molar-refractivity contribution is 5.98. The summed E-state index contributed by atoms with van der Waals surface area (Å²) in [6, 6.07) is 13.3. The maximum absolute atomic E-state index is 13.5. The standard InChI is InChI=1S/C27H33N3O6/c1-34-22-7-3-5-20(17-22)25(31)28-24(27(33)30-13-15-36-16-14-30)19-9-11-29(12-10-19)26(32)21-6-4-8-23(18-21)35-2/h3-8,17-19,24H,9-16H2,1-2H3,(H,28,31). The Hall–Kier alpha value is -3.59. The second-order valence-corrected chi connectivity index (χ2v) is 8.98.